The third kappa shape index (κ3) is 2.06. The quantitative estimate of drug-likeness (QED) is 0.421. The standard InChI is InChI=1S/C21H33NO3/c1-18-10-6-15-19(2)8-5-9-20(3,17(23)25-4)14(19)7-11-21(15,13-18)12-16(18)22-24/h14-15,24H,5-13H2,1-4H3/b22-16-/t14-,15-,18-,19+,20+,21-/m0/s1. The Morgan fingerprint density at radius 3 is 2.52 bits per heavy atom. The van der Waals surface area contributed by atoms with Crippen LogP contribution in [0.3, 0.4) is 0 Å². The largest absolute Gasteiger partial charge is 0.469 e. The molecule has 0 aromatic heterocycles. The Morgan fingerprint density at radius 1 is 1.12 bits per heavy atom. The maximum Gasteiger partial charge on any atom is 0.311 e. The molecule has 4 nitrogen and oxygen atoms in total. The number of ether oxygens (including phenoxy) is 1. The first-order valence-electron chi connectivity index (χ1n) is 10.0. The molecule has 0 aromatic rings. The van der Waals surface area contributed by atoms with Gasteiger partial charge in [-0.05, 0) is 81.0 Å². The summed E-state index contributed by atoms with van der Waals surface area (Å²) in [4.78, 5) is 12.7. The van der Waals surface area contributed by atoms with Crippen LogP contribution in [0.4, 0.5) is 0 Å². The molecule has 0 aromatic carbocycles. The van der Waals surface area contributed by atoms with Gasteiger partial charge in [0.15, 0.2) is 0 Å². The van der Waals surface area contributed by atoms with Crippen molar-refractivity contribution >= 4 is 11.7 Å². The lowest BCUT2D eigenvalue weighted by atomic mass is 9.40. The summed E-state index contributed by atoms with van der Waals surface area (Å²) in [5.41, 5.74) is 1.27. The highest BCUT2D eigenvalue weighted by Crippen LogP contribution is 2.73. The molecular formula is C21H33NO3. The van der Waals surface area contributed by atoms with Crippen LogP contribution in [0.5, 0.6) is 0 Å². The van der Waals surface area contributed by atoms with Crippen LogP contribution in [0.1, 0.15) is 78.6 Å². The molecule has 140 valence electrons. The Hall–Kier alpha value is -1.06. The number of methoxy groups -OCH3 is 1. The van der Waals surface area contributed by atoms with Gasteiger partial charge >= 0.3 is 5.97 Å². The average Bonchev–Trinajstić information content (AvgIpc) is 2.78. The lowest BCUT2D eigenvalue weighted by molar-refractivity contribution is -0.185. The molecule has 4 heteroatoms. The van der Waals surface area contributed by atoms with Crippen LogP contribution < -0.4 is 0 Å². The molecule has 0 unspecified atom stereocenters. The fraction of sp³-hybridized carbons (Fsp3) is 0.905. The van der Waals surface area contributed by atoms with Crippen molar-refractivity contribution in [1.29, 1.82) is 0 Å². The highest BCUT2D eigenvalue weighted by molar-refractivity contribution is 5.92. The van der Waals surface area contributed by atoms with Crippen LogP contribution >= 0.6 is 0 Å². The van der Waals surface area contributed by atoms with Gasteiger partial charge in [-0.25, -0.2) is 0 Å². The number of fused-ring (bicyclic) bond motifs is 3. The van der Waals surface area contributed by atoms with Crippen molar-refractivity contribution in [2.24, 2.45) is 38.7 Å². The molecule has 6 atom stereocenters. The molecule has 1 N–H and O–H groups in total. The SMILES string of the molecule is COC(=O)[C@]1(C)CCC[C@@]2(C)[C@@H]3CC[C@@]4(C)C[C@]3(CC[C@@H]21)C/C4=N/O. The normalized spacial score (nSPS) is 53.2. The predicted octanol–water partition coefficient (Wildman–Crippen LogP) is 4.79. The monoisotopic (exact) mass is 347 g/mol. The van der Waals surface area contributed by atoms with Crippen molar-refractivity contribution in [3.05, 3.63) is 0 Å². The molecule has 1 spiro atoms. The molecule has 0 amide bonds. The number of nitrogens with zero attached hydrogens (tertiary/aromatic N) is 1. The van der Waals surface area contributed by atoms with Gasteiger partial charge in [0.2, 0.25) is 0 Å². The average molecular weight is 347 g/mol. The minimum atomic E-state index is -0.337. The number of carbonyl (C=O) groups excluding carboxylic acids is 1. The van der Waals surface area contributed by atoms with Crippen molar-refractivity contribution in [2.45, 2.75) is 78.6 Å². The highest BCUT2D eigenvalue weighted by atomic mass is 16.5. The van der Waals surface area contributed by atoms with E-state index >= 15 is 0 Å². The van der Waals surface area contributed by atoms with Crippen molar-refractivity contribution < 1.29 is 14.7 Å². The lowest BCUT2D eigenvalue weighted by Gasteiger charge is -2.64. The van der Waals surface area contributed by atoms with E-state index < -0.39 is 0 Å². The number of esters is 1. The third-order valence-corrected chi connectivity index (χ3v) is 9.16. The molecule has 0 saturated heterocycles. The Bertz CT molecular complexity index is 631. The fourth-order valence-electron chi connectivity index (χ4n) is 8.16. The molecule has 4 saturated carbocycles. The lowest BCUT2D eigenvalue weighted by Crippen LogP contribution is -2.58. The van der Waals surface area contributed by atoms with Gasteiger partial charge in [0.1, 0.15) is 0 Å². The number of oxime groups is 1. The molecule has 4 fully saturated rings. The van der Waals surface area contributed by atoms with Crippen LogP contribution in [0, 0.1) is 33.5 Å². The minimum absolute atomic E-state index is 0.0101. The van der Waals surface area contributed by atoms with Crippen molar-refractivity contribution in [3.63, 3.8) is 0 Å². The van der Waals surface area contributed by atoms with E-state index in [1.54, 1.807) is 0 Å². The zero-order chi connectivity index (χ0) is 18.1. The van der Waals surface area contributed by atoms with E-state index in [0.717, 1.165) is 37.8 Å². The van der Waals surface area contributed by atoms with Crippen molar-refractivity contribution in [2.75, 3.05) is 7.11 Å². The van der Waals surface area contributed by atoms with Crippen molar-refractivity contribution in [3.8, 4) is 0 Å². The van der Waals surface area contributed by atoms with Crippen LogP contribution in [0.25, 0.3) is 0 Å². The predicted molar refractivity (Wildman–Crippen MR) is 96.5 cm³/mol. The summed E-state index contributed by atoms with van der Waals surface area (Å²) >= 11 is 0. The Kier molecular flexibility index (Phi) is 3.63. The maximum atomic E-state index is 12.7. The first kappa shape index (κ1) is 17.4. The Labute approximate surface area is 151 Å². The van der Waals surface area contributed by atoms with Crippen molar-refractivity contribution in [1.82, 2.24) is 0 Å². The van der Waals surface area contributed by atoms with E-state index in [4.69, 9.17) is 4.74 Å². The van der Waals surface area contributed by atoms with Gasteiger partial charge in [0.05, 0.1) is 18.2 Å². The zero-order valence-corrected chi connectivity index (χ0v) is 16.2. The molecular weight excluding hydrogens is 314 g/mol. The summed E-state index contributed by atoms with van der Waals surface area (Å²) in [5.74, 6) is 1.04. The van der Waals surface area contributed by atoms with Crippen LogP contribution in [0.2, 0.25) is 0 Å². The van der Waals surface area contributed by atoms with Gasteiger partial charge < -0.3 is 9.94 Å². The fourth-order valence-corrected chi connectivity index (χ4v) is 8.16. The van der Waals surface area contributed by atoms with Gasteiger partial charge in [0.25, 0.3) is 0 Å². The number of carbonyl (C=O) groups is 1. The second kappa shape index (κ2) is 5.23. The summed E-state index contributed by atoms with van der Waals surface area (Å²) in [7, 11) is 1.54. The first-order chi connectivity index (χ1) is 11.7. The summed E-state index contributed by atoms with van der Waals surface area (Å²) < 4.78 is 5.24. The summed E-state index contributed by atoms with van der Waals surface area (Å²) in [6.45, 7) is 6.91. The van der Waals surface area contributed by atoms with Crippen LogP contribution in [-0.2, 0) is 9.53 Å². The molecule has 0 aliphatic heterocycles. The molecule has 0 radical (unpaired) electrons. The summed E-state index contributed by atoms with van der Waals surface area (Å²) in [6.07, 6.45) is 10.0. The highest BCUT2D eigenvalue weighted by Gasteiger charge is 2.67. The zero-order valence-electron chi connectivity index (χ0n) is 16.2. The van der Waals surface area contributed by atoms with Gasteiger partial charge in [-0.3, -0.25) is 4.79 Å². The van der Waals surface area contributed by atoms with E-state index in [2.05, 4.69) is 25.9 Å². The topological polar surface area (TPSA) is 58.9 Å². The van der Waals surface area contributed by atoms with Crippen LogP contribution in [-0.4, -0.2) is 24.0 Å². The van der Waals surface area contributed by atoms with Gasteiger partial charge in [-0.1, -0.05) is 25.4 Å². The second-order valence-corrected chi connectivity index (χ2v) is 10.3. The van der Waals surface area contributed by atoms with Crippen LogP contribution in [0.15, 0.2) is 5.16 Å². The van der Waals surface area contributed by atoms with Gasteiger partial charge in [-0.15, -0.1) is 0 Å². The van der Waals surface area contributed by atoms with E-state index in [1.807, 2.05) is 0 Å². The van der Waals surface area contributed by atoms with E-state index in [9.17, 15) is 10.0 Å². The minimum Gasteiger partial charge on any atom is -0.469 e. The Balaban J connectivity index is 1.74. The van der Waals surface area contributed by atoms with E-state index in [1.165, 1.54) is 32.8 Å². The van der Waals surface area contributed by atoms with E-state index in [0.29, 0.717) is 11.8 Å². The number of hydrogen-bond donors (Lipinski definition) is 1. The molecule has 2 bridgehead atoms. The number of rotatable bonds is 1. The summed E-state index contributed by atoms with van der Waals surface area (Å²) in [6, 6.07) is 0. The van der Waals surface area contributed by atoms with E-state index in [-0.39, 0.29) is 27.6 Å². The summed E-state index contributed by atoms with van der Waals surface area (Å²) in [5, 5.41) is 13.3. The molecule has 4 rings (SSSR count). The van der Waals surface area contributed by atoms with Gasteiger partial charge in [-0.2, -0.15) is 0 Å². The Morgan fingerprint density at radius 2 is 1.84 bits per heavy atom. The number of hydrogen-bond acceptors (Lipinski definition) is 4. The molecule has 0 heterocycles. The molecule has 4 aliphatic rings. The molecule has 25 heavy (non-hydrogen) atoms. The van der Waals surface area contributed by atoms with Gasteiger partial charge in [0, 0.05) is 5.41 Å². The first-order valence-corrected chi connectivity index (χ1v) is 10.0. The second-order valence-electron chi connectivity index (χ2n) is 10.3. The smallest absolute Gasteiger partial charge is 0.311 e. The third-order valence-electron chi connectivity index (χ3n) is 9.16. The maximum absolute atomic E-state index is 12.7. The molecule has 4 aliphatic carbocycles.